The largest absolute Gasteiger partial charge is 0.497 e. The number of sulfone groups is 1. The predicted molar refractivity (Wildman–Crippen MR) is 79.5 cm³/mol. The summed E-state index contributed by atoms with van der Waals surface area (Å²) in [5.74, 6) is -0.422. The summed E-state index contributed by atoms with van der Waals surface area (Å²) in [6.07, 6.45) is 0.115. The molecular formula is C14H17F2NO5S. The summed E-state index contributed by atoms with van der Waals surface area (Å²) in [4.78, 5) is 5.05. The average molecular weight is 349 g/mol. The molecule has 6 nitrogen and oxygen atoms in total. The maximum absolute atomic E-state index is 12.5. The minimum atomic E-state index is -3.82. The quantitative estimate of drug-likeness (QED) is 0.817. The van der Waals surface area contributed by atoms with Gasteiger partial charge in [0.15, 0.2) is 14.9 Å². The highest BCUT2D eigenvalue weighted by atomic mass is 32.2. The van der Waals surface area contributed by atoms with E-state index in [1.807, 2.05) is 0 Å². The van der Waals surface area contributed by atoms with Crippen LogP contribution in [-0.4, -0.2) is 32.8 Å². The normalized spacial score (nSPS) is 16.9. The van der Waals surface area contributed by atoms with Gasteiger partial charge in [-0.15, -0.1) is 0 Å². The summed E-state index contributed by atoms with van der Waals surface area (Å²) in [6, 6.07) is 4.00. The third-order valence-electron chi connectivity index (χ3n) is 3.16. The first-order valence-electron chi connectivity index (χ1n) is 6.72. The minimum Gasteiger partial charge on any atom is -0.497 e. The number of hydrogen-bond donors (Lipinski definition) is 0. The zero-order chi connectivity index (χ0) is 17.3. The molecule has 1 aliphatic rings. The van der Waals surface area contributed by atoms with Crippen LogP contribution in [0, 0.1) is 0 Å². The number of nitrogens with zero attached hydrogens (tertiary/aromatic N) is 1. The van der Waals surface area contributed by atoms with Gasteiger partial charge in [0.05, 0.1) is 12.9 Å². The molecule has 23 heavy (non-hydrogen) atoms. The van der Waals surface area contributed by atoms with E-state index in [1.54, 1.807) is 13.8 Å². The lowest BCUT2D eigenvalue weighted by Crippen LogP contribution is -2.23. The van der Waals surface area contributed by atoms with Gasteiger partial charge in [0, 0.05) is 12.0 Å². The summed E-state index contributed by atoms with van der Waals surface area (Å²) in [6.45, 7) is 0.349. The molecule has 1 heterocycles. The van der Waals surface area contributed by atoms with Gasteiger partial charge in [0.1, 0.15) is 17.1 Å². The number of alkyl halides is 2. The minimum absolute atomic E-state index is 0.0667. The lowest BCUT2D eigenvalue weighted by Gasteiger charge is -2.14. The van der Waals surface area contributed by atoms with Gasteiger partial charge >= 0.3 is 6.61 Å². The molecule has 0 bridgehead atoms. The Kier molecular flexibility index (Phi) is 4.79. The van der Waals surface area contributed by atoms with Crippen LogP contribution in [0.1, 0.15) is 25.8 Å². The third-order valence-corrected chi connectivity index (χ3v) is 4.79. The first-order chi connectivity index (χ1) is 10.6. The predicted octanol–water partition coefficient (Wildman–Crippen LogP) is 2.72. The van der Waals surface area contributed by atoms with Crippen molar-refractivity contribution in [1.82, 2.24) is 0 Å². The monoisotopic (exact) mass is 349 g/mol. The van der Waals surface area contributed by atoms with Gasteiger partial charge in [-0.1, -0.05) is 5.16 Å². The van der Waals surface area contributed by atoms with Crippen molar-refractivity contribution in [2.45, 2.75) is 38.2 Å². The fraction of sp³-hybridized carbons (Fsp3) is 0.500. The zero-order valence-electron chi connectivity index (χ0n) is 12.9. The molecule has 1 aliphatic heterocycles. The van der Waals surface area contributed by atoms with Crippen molar-refractivity contribution in [1.29, 1.82) is 0 Å². The lowest BCUT2D eigenvalue weighted by atomic mass is 10.1. The van der Waals surface area contributed by atoms with Crippen molar-refractivity contribution in [3.8, 4) is 11.5 Å². The molecule has 1 aromatic rings. The van der Waals surface area contributed by atoms with Crippen LogP contribution in [0.25, 0.3) is 0 Å². The molecule has 2 rings (SSSR count). The Labute approximate surface area is 132 Å². The number of halogens is 2. The molecule has 0 amide bonds. The second kappa shape index (κ2) is 6.31. The molecule has 0 saturated carbocycles. The van der Waals surface area contributed by atoms with Crippen molar-refractivity contribution in [2.24, 2.45) is 5.16 Å². The summed E-state index contributed by atoms with van der Waals surface area (Å²) in [5.41, 5.74) is -0.643. The SMILES string of the molecule is COc1ccc(OC(F)F)c(CS(=O)(=O)C2=NOC(C)(C)C2)c1. The van der Waals surface area contributed by atoms with Gasteiger partial charge in [-0.2, -0.15) is 8.78 Å². The van der Waals surface area contributed by atoms with Crippen LogP contribution < -0.4 is 9.47 Å². The van der Waals surface area contributed by atoms with Crippen LogP contribution >= 0.6 is 0 Å². The van der Waals surface area contributed by atoms with Crippen LogP contribution in [0.5, 0.6) is 11.5 Å². The van der Waals surface area contributed by atoms with E-state index in [0.717, 1.165) is 0 Å². The maximum Gasteiger partial charge on any atom is 0.387 e. The molecule has 0 saturated heterocycles. The van der Waals surface area contributed by atoms with Crippen LogP contribution in [0.4, 0.5) is 8.78 Å². The maximum atomic E-state index is 12.5. The van der Waals surface area contributed by atoms with Gasteiger partial charge in [0.2, 0.25) is 0 Å². The van der Waals surface area contributed by atoms with Crippen LogP contribution in [-0.2, 0) is 20.4 Å². The van der Waals surface area contributed by atoms with Gasteiger partial charge in [0.25, 0.3) is 0 Å². The van der Waals surface area contributed by atoms with E-state index < -0.39 is 27.8 Å². The molecule has 0 unspecified atom stereocenters. The van der Waals surface area contributed by atoms with Crippen molar-refractivity contribution < 1.29 is 31.5 Å². The molecule has 0 fully saturated rings. The van der Waals surface area contributed by atoms with E-state index in [9.17, 15) is 17.2 Å². The Bertz CT molecular complexity index is 716. The Balaban J connectivity index is 2.30. The number of benzene rings is 1. The first-order valence-corrected chi connectivity index (χ1v) is 8.38. The zero-order valence-corrected chi connectivity index (χ0v) is 13.7. The van der Waals surface area contributed by atoms with Gasteiger partial charge in [-0.25, -0.2) is 8.42 Å². The highest BCUT2D eigenvalue weighted by Crippen LogP contribution is 2.30. The summed E-state index contributed by atoms with van der Waals surface area (Å²) in [7, 11) is -2.44. The smallest absolute Gasteiger partial charge is 0.387 e. The highest BCUT2D eigenvalue weighted by Gasteiger charge is 2.36. The summed E-state index contributed by atoms with van der Waals surface area (Å²) < 4.78 is 59.2. The Morgan fingerprint density at radius 3 is 2.61 bits per heavy atom. The molecule has 0 spiro atoms. The Hall–Kier alpha value is -1.90. The number of rotatable bonds is 5. The van der Waals surface area contributed by atoms with Crippen LogP contribution in [0.2, 0.25) is 0 Å². The van der Waals surface area contributed by atoms with Gasteiger partial charge in [-0.3, -0.25) is 0 Å². The van der Waals surface area contributed by atoms with E-state index >= 15 is 0 Å². The Morgan fingerprint density at radius 2 is 2.09 bits per heavy atom. The second-order valence-corrected chi connectivity index (χ2v) is 7.61. The second-order valence-electron chi connectivity index (χ2n) is 5.62. The number of ether oxygens (including phenoxy) is 2. The van der Waals surface area contributed by atoms with Gasteiger partial charge < -0.3 is 14.3 Å². The summed E-state index contributed by atoms with van der Waals surface area (Å²) in [5, 5.41) is 3.48. The standard InChI is InChI=1S/C14H17F2NO5S/c1-14(2)7-12(17-22-14)23(18,19)8-9-6-10(20-3)4-5-11(9)21-13(15)16/h4-6,13H,7-8H2,1-3H3. The molecule has 1 aromatic carbocycles. The van der Waals surface area contributed by atoms with E-state index in [-0.39, 0.29) is 22.8 Å². The number of methoxy groups -OCH3 is 1. The van der Waals surface area contributed by atoms with Crippen LogP contribution in [0.3, 0.4) is 0 Å². The molecule has 0 atom stereocenters. The molecule has 0 aromatic heterocycles. The number of oxime groups is 1. The third kappa shape index (κ3) is 4.31. The molecule has 0 N–H and O–H groups in total. The first kappa shape index (κ1) is 17.5. The molecule has 0 radical (unpaired) electrons. The highest BCUT2D eigenvalue weighted by molar-refractivity contribution is 8.05. The average Bonchev–Trinajstić information content (AvgIpc) is 2.81. The molecular weight excluding hydrogens is 332 g/mol. The van der Waals surface area contributed by atoms with E-state index in [0.29, 0.717) is 5.75 Å². The van der Waals surface area contributed by atoms with Crippen molar-refractivity contribution in [2.75, 3.05) is 7.11 Å². The van der Waals surface area contributed by atoms with E-state index in [1.165, 1.54) is 25.3 Å². The van der Waals surface area contributed by atoms with E-state index in [4.69, 9.17) is 9.57 Å². The molecule has 9 heteroatoms. The number of hydrogen-bond acceptors (Lipinski definition) is 6. The fourth-order valence-electron chi connectivity index (χ4n) is 2.06. The summed E-state index contributed by atoms with van der Waals surface area (Å²) >= 11 is 0. The van der Waals surface area contributed by atoms with Gasteiger partial charge in [-0.05, 0) is 32.0 Å². The molecule has 0 aliphatic carbocycles. The van der Waals surface area contributed by atoms with Crippen molar-refractivity contribution in [3.05, 3.63) is 23.8 Å². The van der Waals surface area contributed by atoms with Crippen molar-refractivity contribution >= 4 is 14.9 Å². The Morgan fingerprint density at radius 1 is 1.39 bits per heavy atom. The van der Waals surface area contributed by atoms with Crippen molar-refractivity contribution in [3.63, 3.8) is 0 Å². The van der Waals surface area contributed by atoms with Crippen LogP contribution in [0.15, 0.2) is 23.4 Å². The van der Waals surface area contributed by atoms with E-state index in [2.05, 4.69) is 9.89 Å². The topological polar surface area (TPSA) is 74.2 Å². The lowest BCUT2D eigenvalue weighted by molar-refractivity contribution is -0.0503. The molecule has 128 valence electrons. The fourth-order valence-corrected chi connectivity index (χ4v) is 3.58.